The van der Waals surface area contributed by atoms with E-state index in [1.807, 2.05) is 6.08 Å². The van der Waals surface area contributed by atoms with E-state index in [2.05, 4.69) is 0 Å². The lowest BCUT2D eigenvalue weighted by molar-refractivity contribution is -0.181. The van der Waals surface area contributed by atoms with Gasteiger partial charge in [-0.05, 0) is 82.8 Å². The van der Waals surface area contributed by atoms with Crippen molar-refractivity contribution in [1.29, 1.82) is 0 Å². The Hall–Kier alpha value is -3.90. The minimum atomic E-state index is -2.76. The summed E-state index contributed by atoms with van der Waals surface area (Å²) in [7, 11) is 3.09. The Morgan fingerprint density at radius 2 is 1.79 bits per heavy atom. The van der Waals surface area contributed by atoms with Crippen LogP contribution in [-0.4, -0.2) is 99.6 Å². The van der Waals surface area contributed by atoms with E-state index in [-0.39, 0.29) is 30.7 Å². The molecule has 1 aromatic carbocycles. The maximum Gasteiger partial charge on any atom is 0.410 e. The summed E-state index contributed by atoms with van der Waals surface area (Å²) in [5, 5.41) is 22.5. The fourth-order valence-corrected chi connectivity index (χ4v) is 7.31. The quantitative estimate of drug-likeness (QED) is 0.424. The molecule has 1 aromatic rings. The van der Waals surface area contributed by atoms with Gasteiger partial charge in [0.25, 0.3) is 0 Å². The average Bonchev–Trinajstić information content (AvgIpc) is 2.89. The van der Waals surface area contributed by atoms with Gasteiger partial charge in [-0.2, -0.15) is 0 Å². The number of nitrogens with zero attached hydrogens (tertiary/aromatic N) is 2. The number of amides is 2. The van der Waals surface area contributed by atoms with Gasteiger partial charge in [-0.1, -0.05) is 12.1 Å². The van der Waals surface area contributed by atoms with Gasteiger partial charge in [0.15, 0.2) is 34.7 Å². The number of aromatic hydroxyl groups is 1. The molecule has 4 N–H and O–H groups in total. The van der Waals surface area contributed by atoms with Gasteiger partial charge < -0.3 is 25.6 Å². The molecule has 2 unspecified atom stereocenters. The van der Waals surface area contributed by atoms with Crippen molar-refractivity contribution in [3.8, 4) is 5.75 Å². The maximum atomic E-state index is 14.0. The molecule has 43 heavy (non-hydrogen) atoms. The van der Waals surface area contributed by atoms with Crippen LogP contribution in [0.2, 0.25) is 0 Å². The SMILES string of the molecule is CN(C)[C@@H]1C(=O)C(C(N)=O)C(=O)[C@@]2(O)C(=O)C3C(=O)c4c(O)ccc(C5=CCN(C(=O)OC(C)(C)C)CC5)c4C[C@H]3C[C@@H]12. The van der Waals surface area contributed by atoms with Gasteiger partial charge in [-0.15, -0.1) is 0 Å². The number of rotatable bonds is 3. The van der Waals surface area contributed by atoms with Gasteiger partial charge in [0.1, 0.15) is 11.4 Å². The van der Waals surface area contributed by atoms with Crippen LogP contribution in [0, 0.1) is 23.7 Å². The predicted octanol–water partition coefficient (Wildman–Crippen LogP) is 0.891. The number of likely N-dealkylation sites (N-methyl/N-ethyl adjacent to an activating group) is 1. The van der Waals surface area contributed by atoms with Crippen LogP contribution >= 0.6 is 0 Å². The Labute approximate surface area is 248 Å². The summed E-state index contributed by atoms with van der Waals surface area (Å²) in [4.78, 5) is 82.3. The molecule has 1 heterocycles. The first-order valence-corrected chi connectivity index (χ1v) is 14.4. The minimum Gasteiger partial charge on any atom is -0.507 e. The van der Waals surface area contributed by atoms with Gasteiger partial charge in [0.2, 0.25) is 5.91 Å². The van der Waals surface area contributed by atoms with Gasteiger partial charge in [-0.25, -0.2) is 4.79 Å². The number of Topliss-reactive ketones (excluding diaryl/α,β-unsaturated/α-hetero) is 4. The van der Waals surface area contributed by atoms with Crippen LogP contribution in [-0.2, 0) is 30.3 Å². The molecule has 12 heteroatoms. The number of primary amides is 1. The molecule has 2 fully saturated rings. The number of hydrogen-bond donors (Lipinski definition) is 3. The molecule has 4 aliphatic rings. The summed E-state index contributed by atoms with van der Waals surface area (Å²) in [5.41, 5.74) is 4.00. The standard InChI is InChI=1S/C31H37N3O9/c1-30(2,3)43-29(41)34-10-8-14(9-11-34)16-6-7-19(35)21-17(16)12-15-13-18-23(33(4)5)25(37)22(28(32)40)27(39)31(18,42)26(38)20(15)24(21)36/h6-8,15,18,20,22-23,35,42H,9-13H2,1-5H3,(H2,32,40)/t15-,18-,20?,22?,23-,31-/m0/s1. The molecular weight excluding hydrogens is 558 g/mol. The van der Waals surface area contributed by atoms with Gasteiger partial charge >= 0.3 is 6.09 Å². The van der Waals surface area contributed by atoms with Crippen molar-refractivity contribution in [2.24, 2.45) is 29.4 Å². The highest BCUT2D eigenvalue weighted by Crippen LogP contribution is 2.51. The molecule has 2 amide bonds. The van der Waals surface area contributed by atoms with E-state index in [4.69, 9.17) is 10.5 Å². The molecule has 230 valence electrons. The van der Waals surface area contributed by atoms with Crippen molar-refractivity contribution in [2.45, 2.75) is 57.3 Å². The first kappa shape index (κ1) is 30.6. The van der Waals surface area contributed by atoms with Crippen molar-refractivity contribution in [1.82, 2.24) is 9.80 Å². The van der Waals surface area contributed by atoms with E-state index in [9.17, 15) is 39.0 Å². The van der Waals surface area contributed by atoms with Gasteiger partial charge in [0, 0.05) is 19.0 Å². The summed E-state index contributed by atoms with van der Waals surface area (Å²) in [6, 6.07) is 1.91. The molecule has 0 bridgehead atoms. The fourth-order valence-electron chi connectivity index (χ4n) is 7.31. The second-order valence-electron chi connectivity index (χ2n) is 13.2. The van der Waals surface area contributed by atoms with E-state index < -0.39 is 76.0 Å². The molecule has 12 nitrogen and oxygen atoms in total. The third-order valence-corrected chi connectivity index (χ3v) is 9.15. The minimum absolute atomic E-state index is 0.0234. The number of phenols is 1. The smallest absolute Gasteiger partial charge is 0.410 e. The second-order valence-corrected chi connectivity index (χ2v) is 13.2. The molecule has 0 radical (unpaired) electrons. The Morgan fingerprint density at radius 3 is 2.35 bits per heavy atom. The Bertz CT molecular complexity index is 1490. The van der Waals surface area contributed by atoms with E-state index in [1.54, 1.807) is 45.8 Å². The number of ether oxygens (including phenoxy) is 1. The summed E-state index contributed by atoms with van der Waals surface area (Å²) in [6.07, 6.45) is 2.03. The number of nitrogens with two attached hydrogens (primary N) is 1. The lowest BCUT2D eigenvalue weighted by Crippen LogP contribution is -2.74. The number of phenolic OH excluding ortho intramolecular Hbond substituents is 1. The number of carbonyl (C=O) groups is 6. The Kier molecular flexibility index (Phi) is 7.37. The number of ketones is 4. The first-order valence-electron chi connectivity index (χ1n) is 14.4. The van der Waals surface area contributed by atoms with Gasteiger partial charge in [-0.3, -0.25) is 28.9 Å². The molecular formula is C31H37N3O9. The monoisotopic (exact) mass is 595 g/mol. The van der Waals surface area contributed by atoms with E-state index >= 15 is 0 Å². The third-order valence-electron chi connectivity index (χ3n) is 9.15. The summed E-state index contributed by atoms with van der Waals surface area (Å²) in [6.45, 7) is 6.02. The number of hydrogen-bond acceptors (Lipinski definition) is 10. The lowest BCUT2D eigenvalue weighted by Gasteiger charge is -2.52. The highest BCUT2D eigenvalue weighted by molar-refractivity contribution is 6.32. The maximum absolute atomic E-state index is 14.0. The lowest BCUT2D eigenvalue weighted by atomic mass is 9.52. The third kappa shape index (κ3) is 4.76. The fraction of sp³-hybridized carbons (Fsp3) is 0.548. The zero-order valence-electron chi connectivity index (χ0n) is 24.9. The van der Waals surface area contributed by atoms with Crippen LogP contribution in [0.1, 0.15) is 55.1 Å². The van der Waals surface area contributed by atoms with E-state index in [0.29, 0.717) is 24.1 Å². The largest absolute Gasteiger partial charge is 0.507 e. The Morgan fingerprint density at radius 1 is 1.12 bits per heavy atom. The van der Waals surface area contributed by atoms with Crippen molar-refractivity contribution >= 4 is 40.7 Å². The normalized spacial score (nSPS) is 30.8. The number of benzene rings is 1. The number of aliphatic hydroxyl groups is 1. The predicted molar refractivity (Wildman–Crippen MR) is 152 cm³/mol. The number of carbonyl (C=O) groups excluding carboxylic acids is 6. The van der Waals surface area contributed by atoms with Gasteiger partial charge in [0.05, 0.1) is 17.5 Å². The summed E-state index contributed by atoms with van der Waals surface area (Å²) < 4.78 is 5.47. The van der Waals surface area contributed by atoms with E-state index in [0.717, 1.165) is 5.57 Å². The van der Waals surface area contributed by atoms with Crippen molar-refractivity contribution < 1.29 is 43.7 Å². The van der Waals surface area contributed by atoms with Crippen LogP contribution < -0.4 is 5.73 Å². The molecule has 0 spiro atoms. The van der Waals surface area contributed by atoms with Crippen molar-refractivity contribution in [3.63, 3.8) is 0 Å². The van der Waals surface area contributed by atoms with Crippen LogP contribution in [0.25, 0.3) is 5.57 Å². The highest BCUT2D eigenvalue weighted by atomic mass is 16.6. The Balaban J connectivity index is 1.53. The molecule has 0 saturated heterocycles. The molecule has 1 aliphatic heterocycles. The highest BCUT2D eigenvalue weighted by Gasteiger charge is 2.69. The molecule has 0 aromatic heterocycles. The molecule has 6 atom stereocenters. The molecule has 2 saturated carbocycles. The van der Waals surface area contributed by atoms with Crippen LogP contribution in [0.15, 0.2) is 18.2 Å². The van der Waals surface area contributed by atoms with E-state index in [1.165, 1.54) is 11.0 Å². The second kappa shape index (κ2) is 10.4. The van der Waals surface area contributed by atoms with Crippen LogP contribution in [0.4, 0.5) is 4.79 Å². The average molecular weight is 596 g/mol. The molecule has 5 rings (SSSR count). The zero-order chi connectivity index (χ0) is 31.8. The topological polar surface area (TPSA) is 185 Å². The van der Waals surface area contributed by atoms with Crippen molar-refractivity contribution in [3.05, 3.63) is 34.9 Å². The number of fused-ring (bicyclic) bond motifs is 3. The first-order chi connectivity index (χ1) is 20.0. The zero-order valence-corrected chi connectivity index (χ0v) is 24.9. The van der Waals surface area contributed by atoms with Crippen LogP contribution in [0.3, 0.4) is 0 Å². The molecule has 3 aliphatic carbocycles. The van der Waals surface area contributed by atoms with Crippen molar-refractivity contribution in [2.75, 3.05) is 27.2 Å². The van der Waals surface area contributed by atoms with Crippen LogP contribution in [0.5, 0.6) is 5.75 Å². The summed E-state index contributed by atoms with van der Waals surface area (Å²) >= 11 is 0. The summed E-state index contributed by atoms with van der Waals surface area (Å²) in [5.74, 6) is -10.8.